The molecule has 1 atom stereocenters. The molecule has 0 aliphatic carbocycles. The van der Waals surface area contributed by atoms with Crippen molar-refractivity contribution < 1.29 is 9.59 Å². The van der Waals surface area contributed by atoms with Gasteiger partial charge in [0.05, 0.1) is 11.4 Å². The Morgan fingerprint density at radius 3 is 2.58 bits per heavy atom. The molecule has 0 saturated carbocycles. The number of amides is 2. The minimum absolute atomic E-state index is 0.131. The van der Waals surface area contributed by atoms with E-state index in [1.165, 1.54) is 0 Å². The summed E-state index contributed by atoms with van der Waals surface area (Å²) in [7, 11) is 0. The van der Waals surface area contributed by atoms with Crippen LogP contribution in [0.25, 0.3) is 0 Å². The first-order valence-corrected chi connectivity index (χ1v) is 6.57. The number of anilines is 2. The van der Waals surface area contributed by atoms with Gasteiger partial charge < -0.3 is 16.0 Å². The predicted octanol–water partition coefficient (Wildman–Crippen LogP) is 2.03. The summed E-state index contributed by atoms with van der Waals surface area (Å²) in [5.74, 6) is -0.552. The number of carbonyl (C=O) groups is 2. The van der Waals surface area contributed by atoms with Gasteiger partial charge in [0.25, 0.3) is 0 Å². The highest BCUT2D eigenvalue weighted by Crippen LogP contribution is 2.28. The maximum absolute atomic E-state index is 11.5. The van der Waals surface area contributed by atoms with Gasteiger partial charge in [-0.2, -0.15) is 0 Å². The molecule has 102 valence electrons. The van der Waals surface area contributed by atoms with Crippen molar-refractivity contribution in [2.75, 3.05) is 17.2 Å². The molecule has 3 N–H and O–H groups in total. The van der Waals surface area contributed by atoms with Crippen molar-refractivity contribution in [3.8, 4) is 0 Å². The molecule has 2 rings (SSSR count). The Hall–Kier alpha value is -1.88. The molecular weight excluding hydrogens is 242 g/mol. The lowest BCUT2D eigenvalue weighted by molar-refractivity contribution is -0.123. The molecule has 1 unspecified atom stereocenters. The van der Waals surface area contributed by atoms with Crippen LogP contribution < -0.4 is 16.0 Å². The molecule has 1 aromatic rings. The molecule has 19 heavy (non-hydrogen) atoms. The fourth-order valence-corrected chi connectivity index (χ4v) is 2.06. The van der Waals surface area contributed by atoms with Crippen LogP contribution in [0.5, 0.6) is 0 Å². The summed E-state index contributed by atoms with van der Waals surface area (Å²) in [5, 5.41) is 8.86. The molecular formula is C14H19N3O2. The van der Waals surface area contributed by atoms with E-state index in [0.717, 1.165) is 18.5 Å². The van der Waals surface area contributed by atoms with Crippen LogP contribution >= 0.6 is 0 Å². The summed E-state index contributed by atoms with van der Waals surface area (Å²) in [4.78, 5) is 23.0. The molecule has 2 amide bonds. The second-order valence-electron chi connectivity index (χ2n) is 4.75. The summed E-state index contributed by atoms with van der Waals surface area (Å²) < 4.78 is 0. The molecule has 5 heteroatoms. The van der Waals surface area contributed by atoms with Crippen molar-refractivity contribution in [2.24, 2.45) is 0 Å². The van der Waals surface area contributed by atoms with Gasteiger partial charge in [0.1, 0.15) is 6.42 Å². The molecule has 0 saturated heterocycles. The van der Waals surface area contributed by atoms with Crippen LogP contribution in [0.2, 0.25) is 0 Å². The number of benzene rings is 1. The van der Waals surface area contributed by atoms with Gasteiger partial charge in [-0.25, -0.2) is 0 Å². The maximum atomic E-state index is 11.5. The number of fused-ring (bicyclic) bond motifs is 1. The largest absolute Gasteiger partial charge is 0.324 e. The monoisotopic (exact) mass is 261 g/mol. The van der Waals surface area contributed by atoms with Gasteiger partial charge in [0.15, 0.2) is 0 Å². The SMILES string of the molecule is CCCNC(C)c1ccc2c(c1)NC(=O)CC(=O)N2. The lowest BCUT2D eigenvalue weighted by atomic mass is 10.1. The van der Waals surface area contributed by atoms with Crippen molar-refractivity contribution in [1.82, 2.24) is 5.32 Å². The lowest BCUT2D eigenvalue weighted by Gasteiger charge is -2.16. The molecule has 1 aromatic carbocycles. The van der Waals surface area contributed by atoms with Crippen LogP contribution in [0.1, 0.15) is 38.3 Å². The topological polar surface area (TPSA) is 70.2 Å². The van der Waals surface area contributed by atoms with E-state index in [-0.39, 0.29) is 24.3 Å². The number of carbonyl (C=O) groups excluding carboxylic acids is 2. The normalized spacial score (nSPS) is 16.1. The standard InChI is InChI=1S/C14H19N3O2/c1-3-6-15-9(2)10-4-5-11-12(7-10)17-14(19)8-13(18)16-11/h4-5,7,9,15H,3,6,8H2,1-2H3,(H,16,18)(H,17,19). The Balaban J connectivity index is 2.22. The van der Waals surface area contributed by atoms with Crippen molar-refractivity contribution in [1.29, 1.82) is 0 Å². The fraction of sp³-hybridized carbons (Fsp3) is 0.429. The highest BCUT2D eigenvalue weighted by atomic mass is 16.2. The van der Waals surface area contributed by atoms with Gasteiger partial charge in [-0.15, -0.1) is 0 Å². The lowest BCUT2D eigenvalue weighted by Crippen LogP contribution is -2.19. The van der Waals surface area contributed by atoms with Crippen molar-refractivity contribution >= 4 is 23.2 Å². The van der Waals surface area contributed by atoms with E-state index in [0.29, 0.717) is 11.4 Å². The quantitative estimate of drug-likeness (QED) is 0.726. The Bertz CT molecular complexity index is 499. The molecule has 5 nitrogen and oxygen atoms in total. The third-order valence-corrected chi connectivity index (χ3v) is 3.11. The van der Waals surface area contributed by atoms with Crippen LogP contribution in [0, 0.1) is 0 Å². The van der Waals surface area contributed by atoms with Crippen LogP contribution in [0.15, 0.2) is 18.2 Å². The van der Waals surface area contributed by atoms with Crippen LogP contribution in [-0.4, -0.2) is 18.4 Å². The smallest absolute Gasteiger partial charge is 0.233 e. The summed E-state index contributed by atoms with van der Waals surface area (Å²) in [5.41, 5.74) is 2.41. The molecule has 0 radical (unpaired) electrons. The highest BCUT2D eigenvalue weighted by Gasteiger charge is 2.19. The minimum Gasteiger partial charge on any atom is -0.324 e. The zero-order valence-corrected chi connectivity index (χ0v) is 11.2. The third kappa shape index (κ3) is 3.32. The third-order valence-electron chi connectivity index (χ3n) is 3.11. The number of rotatable bonds is 4. The summed E-state index contributed by atoms with van der Waals surface area (Å²) in [6, 6.07) is 5.91. The Kier molecular flexibility index (Phi) is 4.16. The van der Waals surface area contributed by atoms with Crippen molar-refractivity contribution in [3.63, 3.8) is 0 Å². The molecule has 1 aliphatic rings. The summed E-state index contributed by atoms with van der Waals surface area (Å²) in [6.07, 6.45) is 0.940. The molecule has 0 bridgehead atoms. The maximum Gasteiger partial charge on any atom is 0.233 e. The van der Waals surface area contributed by atoms with E-state index in [9.17, 15) is 9.59 Å². The predicted molar refractivity (Wildman–Crippen MR) is 75.0 cm³/mol. The van der Waals surface area contributed by atoms with Crippen LogP contribution in [0.3, 0.4) is 0 Å². The van der Waals surface area contributed by atoms with E-state index < -0.39 is 0 Å². The van der Waals surface area contributed by atoms with Gasteiger partial charge in [-0.3, -0.25) is 9.59 Å². The average molecular weight is 261 g/mol. The van der Waals surface area contributed by atoms with Crippen molar-refractivity contribution in [3.05, 3.63) is 23.8 Å². The van der Waals surface area contributed by atoms with Crippen LogP contribution in [0.4, 0.5) is 11.4 Å². The number of hydrogen-bond acceptors (Lipinski definition) is 3. The molecule has 0 fully saturated rings. The average Bonchev–Trinajstić information content (AvgIpc) is 2.51. The second kappa shape index (κ2) is 5.84. The van der Waals surface area contributed by atoms with E-state index in [1.807, 2.05) is 18.2 Å². The molecule has 0 spiro atoms. The second-order valence-corrected chi connectivity index (χ2v) is 4.75. The Morgan fingerprint density at radius 2 is 1.89 bits per heavy atom. The van der Waals surface area contributed by atoms with E-state index in [2.05, 4.69) is 29.8 Å². The number of hydrogen-bond donors (Lipinski definition) is 3. The van der Waals surface area contributed by atoms with Gasteiger partial charge in [0, 0.05) is 6.04 Å². The van der Waals surface area contributed by atoms with Crippen molar-refractivity contribution in [2.45, 2.75) is 32.7 Å². The van der Waals surface area contributed by atoms with E-state index in [4.69, 9.17) is 0 Å². The van der Waals surface area contributed by atoms with Gasteiger partial charge in [-0.1, -0.05) is 13.0 Å². The summed E-state index contributed by atoms with van der Waals surface area (Å²) in [6.45, 7) is 5.14. The number of nitrogens with one attached hydrogen (secondary N) is 3. The molecule has 0 aromatic heterocycles. The minimum atomic E-state index is -0.277. The first-order chi connectivity index (χ1) is 9.10. The molecule has 1 heterocycles. The zero-order chi connectivity index (χ0) is 13.8. The van der Waals surface area contributed by atoms with E-state index in [1.54, 1.807) is 0 Å². The Morgan fingerprint density at radius 1 is 1.21 bits per heavy atom. The van der Waals surface area contributed by atoms with Crippen LogP contribution in [-0.2, 0) is 9.59 Å². The summed E-state index contributed by atoms with van der Waals surface area (Å²) >= 11 is 0. The van der Waals surface area contributed by atoms with Gasteiger partial charge in [0.2, 0.25) is 11.8 Å². The zero-order valence-electron chi connectivity index (χ0n) is 11.2. The van der Waals surface area contributed by atoms with E-state index >= 15 is 0 Å². The first kappa shape index (κ1) is 13.5. The first-order valence-electron chi connectivity index (χ1n) is 6.57. The Labute approximate surface area is 112 Å². The van der Waals surface area contributed by atoms with Gasteiger partial charge >= 0.3 is 0 Å². The molecule has 1 aliphatic heterocycles. The highest BCUT2D eigenvalue weighted by molar-refractivity contribution is 6.13. The van der Waals surface area contributed by atoms with Gasteiger partial charge in [-0.05, 0) is 37.6 Å². The fourth-order valence-electron chi connectivity index (χ4n) is 2.06.